The number of pyridine rings is 1. The number of nitrogens with zero attached hydrogens (tertiary/aromatic N) is 1. The lowest BCUT2D eigenvalue weighted by Crippen LogP contribution is -2.08. The maximum absolute atomic E-state index is 12.4. The third-order valence-corrected chi connectivity index (χ3v) is 3.17. The molecule has 2 rings (SSSR count). The van der Waals surface area contributed by atoms with E-state index >= 15 is 0 Å². The van der Waals surface area contributed by atoms with E-state index in [2.05, 4.69) is 31.0 Å². The lowest BCUT2D eigenvalue weighted by atomic mass is 10.2. The van der Waals surface area contributed by atoms with Crippen molar-refractivity contribution in [1.29, 1.82) is 0 Å². The van der Waals surface area contributed by atoms with E-state index in [-0.39, 0.29) is 5.75 Å². The first-order valence-electron chi connectivity index (χ1n) is 6.06. The van der Waals surface area contributed by atoms with Gasteiger partial charge in [0.15, 0.2) is 0 Å². The van der Waals surface area contributed by atoms with E-state index in [1.807, 2.05) is 0 Å². The molecule has 1 aromatic carbocycles. The number of aromatic nitrogens is 1. The van der Waals surface area contributed by atoms with E-state index in [9.17, 15) is 8.78 Å². The summed E-state index contributed by atoms with van der Waals surface area (Å²) in [5.41, 5.74) is 1.26. The Balaban J connectivity index is 2.17. The number of anilines is 1. The molecule has 0 aliphatic carbocycles. The smallest absolute Gasteiger partial charge is 0.387 e. The Bertz CT molecular complexity index is 611. The van der Waals surface area contributed by atoms with Crippen molar-refractivity contribution in [2.24, 2.45) is 0 Å². The molecule has 1 N–H and O–H groups in total. The topological polar surface area (TPSA) is 43.4 Å². The molecule has 0 unspecified atom stereocenters. The predicted molar refractivity (Wildman–Crippen MR) is 78.9 cm³/mol. The molecule has 0 saturated heterocycles. The normalized spacial score (nSPS) is 10.5. The van der Waals surface area contributed by atoms with E-state index < -0.39 is 6.61 Å². The van der Waals surface area contributed by atoms with E-state index in [1.165, 1.54) is 13.2 Å². The minimum absolute atomic E-state index is 0.128. The van der Waals surface area contributed by atoms with Crippen LogP contribution >= 0.6 is 15.9 Å². The number of methoxy groups -OCH3 is 1. The number of hydrogen-bond acceptors (Lipinski definition) is 4. The molecule has 0 spiro atoms. The minimum Gasteiger partial charge on any atom is -0.480 e. The number of halogens is 3. The molecule has 0 amide bonds. The van der Waals surface area contributed by atoms with Crippen molar-refractivity contribution in [2.75, 3.05) is 12.4 Å². The molecule has 112 valence electrons. The Labute approximate surface area is 129 Å². The summed E-state index contributed by atoms with van der Waals surface area (Å²) in [6.07, 6.45) is 1.61. The minimum atomic E-state index is -2.86. The molecule has 0 aliphatic heterocycles. The highest BCUT2D eigenvalue weighted by molar-refractivity contribution is 9.10. The molecule has 1 heterocycles. The molecule has 0 bridgehead atoms. The highest BCUT2D eigenvalue weighted by Gasteiger charge is 2.11. The SMILES string of the molecule is COc1ncccc1NCc1cc(Br)ccc1OC(F)F. The van der Waals surface area contributed by atoms with Gasteiger partial charge in [-0.1, -0.05) is 15.9 Å². The molecule has 1 aromatic heterocycles. The zero-order valence-electron chi connectivity index (χ0n) is 11.1. The predicted octanol–water partition coefficient (Wildman–Crippen LogP) is 4.07. The first kappa shape index (κ1) is 15.5. The molecule has 0 radical (unpaired) electrons. The lowest BCUT2D eigenvalue weighted by molar-refractivity contribution is -0.0504. The van der Waals surface area contributed by atoms with Crippen molar-refractivity contribution in [1.82, 2.24) is 4.98 Å². The van der Waals surface area contributed by atoms with Gasteiger partial charge in [-0.3, -0.25) is 0 Å². The summed E-state index contributed by atoms with van der Waals surface area (Å²) in [5.74, 6) is 0.562. The number of alkyl halides is 2. The van der Waals surface area contributed by atoms with Crippen LogP contribution in [0.15, 0.2) is 41.0 Å². The van der Waals surface area contributed by atoms with Crippen molar-refractivity contribution < 1.29 is 18.3 Å². The lowest BCUT2D eigenvalue weighted by Gasteiger charge is -2.13. The first-order valence-corrected chi connectivity index (χ1v) is 6.85. The largest absolute Gasteiger partial charge is 0.480 e. The summed E-state index contributed by atoms with van der Waals surface area (Å²) in [6, 6.07) is 8.40. The number of rotatable bonds is 6. The van der Waals surface area contributed by atoms with E-state index in [0.29, 0.717) is 23.7 Å². The first-order chi connectivity index (χ1) is 10.1. The van der Waals surface area contributed by atoms with Gasteiger partial charge >= 0.3 is 6.61 Å². The molecule has 2 aromatic rings. The number of nitrogens with one attached hydrogen (secondary N) is 1. The third-order valence-electron chi connectivity index (χ3n) is 2.67. The molecular weight excluding hydrogens is 346 g/mol. The quantitative estimate of drug-likeness (QED) is 0.845. The summed E-state index contributed by atoms with van der Waals surface area (Å²) < 4.78 is 35.2. The average Bonchev–Trinajstić information content (AvgIpc) is 2.47. The summed E-state index contributed by atoms with van der Waals surface area (Å²) in [5, 5.41) is 3.09. The van der Waals surface area contributed by atoms with Gasteiger partial charge < -0.3 is 14.8 Å². The van der Waals surface area contributed by atoms with Gasteiger partial charge in [0.2, 0.25) is 5.88 Å². The fourth-order valence-corrected chi connectivity index (χ4v) is 2.18. The van der Waals surface area contributed by atoms with Gasteiger partial charge in [-0.2, -0.15) is 8.78 Å². The molecule has 0 aliphatic rings. The van der Waals surface area contributed by atoms with Gasteiger partial charge in [0, 0.05) is 22.8 Å². The standard InChI is InChI=1S/C14H13BrF2N2O2/c1-20-13-11(3-2-6-18-13)19-8-9-7-10(15)4-5-12(9)21-14(16)17/h2-7,14,19H,8H2,1H3. The Morgan fingerprint density at radius 2 is 2.14 bits per heavy atom. The third kappa shape index (κ3) is 4.29. The van der Waals surface area contributed by atoms with Crippen molar-refractivity contribution >= 4 is 21.6 Å². The summed E-state index contributed by atoms with van der Waals surface area (Å²) >= 11 is 3.31. The van der Waals surface area contributed by atoms with Crippen LogP contribution in [0.2, 0.25) is 0 Å². The molecule has 0 atom stereocenters. The number of hydrogen-bond donors (Lipinski definition) is 1. The van der Waals surface area contributed by atoms with Crippen molar-refractivity contribution in [2.45, 2.75) is 13.2 Å². The van der Waals surface area contributed by atoms with Crippen LogP contribution in [0, 0.1) is 0 Å². The second-order valence-electron chi connectivity index (χ2n) is 4.04. The summed E-state index contributed by atoms with van der Waals surface area (Å²) in [6.45, 7) is -2.57. The van der Waals surface area contributed by atoms with Crippen LogP contribution in [0.4, 0.5) is 14.5 Å². The van der Waals surface area contributed by atoms with Crippen molar-refractivity contribution in [3.05, 3.63) is 46.6 Å². The average molecular weight is 359 g/mol. The highest BCUT2D eigenvalue weighted by Crippen LogP contribution is 2.27. The highest BCUT2D eigenvalue weighted by atomic mass is 79.9. The van der Waals surface area contributed by atoms with Crippen LogP contribution < -0.4 is 14.8 Å². The molecular formula is C14H13BrF2N2O2. The summed E-state index contributed by atoms with van der Waals surface area (Å²) in [4.78, 5) is 4.05. The van der Waals surface area contributed by atoms with Gasteiger partial charge in [0.1, 0.15) is 5.75 Å². The number of ether oxygens (including phenoxy) is 2. The Hall–Kier alpha value is -1.89. The van der Waals surface area contributed by atoms with Gasteiger partial charge in [0.05, 0.1) is 12.8 Å². The molecule has 21 heavy (non-hydrogen) atoms. The second kappa shape index (κ2) is 7.21. The van der Waals surface area contributed by atoms with Crippen LogP contribution in [0.5, 0.6) is 11.6 Å². The zero-order chi connectivity index (χ0) is 15.2. The van der Waals surface area contributed by atoms with Gasteiger partial charge in [-0.25, -0.2) is 4.98 Å². The molecule has 0 fully saturated rings. The summed E-state index contributed by atoms with van der Waals surface area (Å²) in [7, 11) is 1.51. The zero-order valence-corrected chi connectivity index (χ0v) is 12.7. The van der Waals surface area contributed by atoms with E-state index in [1.54, 1.807) is 30.5 Å². The van der Waals surface area contributed by atoms with Crippen molar-refractivity contribution in [3.63, 3.8) is 0 Å². The maximum Gasteiger partial charge on any atom is 0.387 e. The second-order valence-corrected chi connectivity index (χ2v) is 4.96. The maximum atomic E-state index is 12.4. The molecule has 7 heteroatoms. The molecule has 4 nitrogen and oxygen atoms in total. The van der Waals surface area contributed by atoms with Crippen LogP contribution in [-0.2, 0) is 6.54 Å². The van der Waals surface area contributed by atoms with Crippen LogP contribution in [-0.4, -0.2) is 18.7 Å². The van der Waals surface area contributed by atoms with Gasteiger partial charge in [-0.05, 0) is 30.3 Å². The molecule has 0 saturated carbocycles. The van der Waals surface area contributed by atoms with E-state index in [4.69, 9.17) is 4.74 Å². The Morgan fingerprint density at radius 3 is 2.86 bits per heavy atom. The van der Waals surface area contributed by atoms with Crippen LogP contribution in [0.25, 0.3) is 0 Å². The monoisotopic (exact) mass is 358 g/mol. The fourth-order valence-electron chi connectivity index (χ4n) is 1.78. The van der Waals surface area contributed by atoms with Gasteiger partial charge in [-0.15, -0.1) is 0 Å². The van der Waals surface area contributed by atoms with Crippen LogP contribution in [0.1, 0.15) is 5.56 Å². The van der Waals surface area contributed by atoms with Crippen molar-refractivity contribution in [3.8, 4) is 11.6 Å². The number of benzene rings is 1. The Kier molecular flexibility index (Phi) is 5.32. The fraction of sp³-hybridized carbons (Fsp3) is 0.214. The van der Waals surface area contributed by atoms with Gasteiger partial charge in [0.25, 0.3) is 0 Å². The van der Waals surface area contributed by atoms with Crippen LogP contribution in [0.3, 0.4) is 0 Å². The Morgan fingerprint density at radius 1 is 1.33 bits per heavy atom. The van der Waals surface area contributed by atoms with E-state index in [0.717, 1.165) is 4.47 Å².